The Morgan fingerprint density at radius 1 is 1.60 bits per heavy atom. The van der Waals surface area contributed by atoms with Crippen LogP contribution >= 0.6 is 0 Å². The molecule has 1 N–H and O–H groups in total. The van der Waals surface area contributed by atoms with Crippen molar-refractivity contribution in [3.05, 3.63) is 0 Å². The van der Waals surface area contributed by atoms with E-state index >= 15 is 0 Å². The van der Waals surface area contributed by atoms with Crippen molar-refractivity contribution in [2.24, 2.45) is 5.92 Å². The molecular weight excluding hydrogens is 194 g/mol. The summed E-state index contributed by atoms with van der Waals surface area (Å²) < 4.78 is 5.36. The van der Waals surface area contributed by atoms with Gasteiger partial charge in [0, 0.05) is 33.2 Å². The van der Waals surface area contributed by atoms with E-state index in [9.17, 15) is 4.79 Å². The number of rotatable bonds is 5. The van der Waals surface area contributed by atoms with Crippen LogP contribution in [0.25, 0.3) is 0 Å². The second-order valence-electron chi connectivity index (χ2n) is 4.16. The number of likely N-dealkylation sites (N-methyl/N-ethyl adjacent to an activating group) is 1. The number of hydrogen-bond donors (Lipinski definition) is 1. The highest BCUT2D eigenvalue weighted by Gasteiger charge is 2.16. The van der Waals surface area contributed by atoms with Crippen LogP contribution in [0.4, 0.5) is 0 Å². The SMILES string of the molecule is CN(CCO)C(=O)CC[C@H]1CCCOC1. The molecule has 4 heteroatoms. The number of nitrogens with zero attached hydrogens (tertiary/aromatic N) is 1. The quantitative estimate of drug-likeness (QED) is 0.732. The minimum Gasteiger partial charge on any atom is -0.395 e. The number of hydrogen-bond acceptors (Lipinski definition) is 3. The number of carbonyl (C=O) groups excluding carboxylic acids is 1. The highest BCUT2D eigenvalue weighted by molar-refractivity contribution is 5.75. The van der Waals surface area contributed by atoms with Crippen molar-refractivity contribution in [3.63, 3.8) is 0 Å². The smallest absolute Gasteiger partial charge is 0.222 e. The van der Waals surface area contributed by atoms with E-state index in [-0.39, 0.29) is 12.5 Å². The first kappa shape index (κ1) is 12.5. The third-order valence-corrected chi connectivity index (χ3v) is 2.88. The predicted octanol–water partition coefficient (Wildman–Crippen LogP) is 0.644. The molecule has 4 nitrogen and oxygen atoms in total. The molecule has 1 atom stereocenters. The van der Waals surface area contributed by atoms with E-state index in [1.54, 1.807) is 11.9 Å². The molecular formula is C11H21NO3. The minimum atomic E-state index is 0.0365. The average Bonchev–Trinajstić information content (AvgIpc) is 2.27. The van der Waals surface area contributed by atoms with E-state index in [4.69, 9.17) is 9.84 Å². The molecule has 1 rings (SSSR count). The molecule has 15 heavy (non-hydrogen) atoms. The summed E-state index contributed by atoms with van der Waals surface area (Å²) in [6.07, 6.45) is 3.78. The maximum Gasteiger partial charge on any atom is 0.222 e. The first-order valence-corrected chi connectivity index (χ1v) is 5.66. The molecule has 1 heterocycles. The lowest BCUT2D eigenvalue weighted by Gasteiger charge is -2.23. The number of aliphatic hydroxyl groups excluding tert-OH is 1. The normalized spacial score (nSPS) is 21.3. The molecule has 1 aliphatic rings. The molecule has 1 aliphatic heterocycles. The van der Waals surface area contributed by atoms with Gasteiger partial charge in [0.25, 0.3) is 0 Å². The first-order chi connectivity index (χ1) is 7.24. The fraction of sp³-hybridized carbons (Fsp3) is 0.909. The van der Waals surface area contributed by atoms with Crippen molar-refractivity contribution in [2.75, 3.05) is 33.4 Å². The summed E-state index contributed by atoms with van der Waals surface area (Å²) in [7, 11) is 1.73. The van der Waals surface area contributed by atoms with Crippen molar-refractivity contribution < 1.29 is 14.6 Å². The van der Waals surface area contributed by atoms with Gasteiger partial charge in [-0.25, -0.2) is 0 Å². The molecule has 1 fully saturated rings. The van der Waals surface area contributed by atoms with E-state index in [2.05, 4.69) is 0 Å². The van der Waals surface area contributed by atoms with E-state index < -0.39 is 0 Å². The van der Waals surface area contributed by atoms with Crippen LogP contribution in [0.2, 0.25) is 0 Å². The second-order valence-corrected chi connectivity index (χ2v) is 4.16. The highest BCUT2D eigenvalue weighted by Crippen LogP contribution is 2.18. The topological polar surface area (TPSA) is 49.8 Å². The zero-order valence-corrected chi connectivity index (χ0v) is 9.45. The summed E-state index contributed by atoms with van der Waals surface area (Å²) >= 11 is 0. The molecule has 0 aromatic carbocycles. The summed E-state index contributed by atoms with van der Waals surface area (Å²) in [6, 6.07) is 0. The summed E-state index contributed by atoms with van der Waals surface area (Å²) in [5.41, 5.74) is 0. The van der Waals surface area contributed by atoms with Gasteiger partial charge >= 0.3 is 0 Å². The van der Waals surface area contributed by atoms with Gasteiger partial charge in [-0.15, -0.1) is 0 Å². The molecule has 0 aromatic heterocycles. The van der Waals surface area contributed by atoms with Crippen LogP contribution < -0.4 is 0 Å². The average molecular weight is 215 g/mol. The Kier molecular flexibility index (Phi) is 5.65. The van der Waals surface area contributed by atoms with Gasteiger partial charge in [-0.1, -0.05) is 0 Å². The van der Waals surface area contributed by atoms with Gasteiger partial charge in [0.2, 0.25) is 5.91 Å². The van der Waals surface area contributed by atoms with Gasteiger partial charge < -0.3 is 14.7 Å². The Morgan fingerprint density at radius 3 is 3.00 bits per heavy atom. The van der Waals surface area contributed by atoms with Gasteiger partial charge in [-0.3, -0.25) is 4.79 Å². The zero-order valence-electron chi connectivity index (χ0n) is 9.45. The standard InChI is InChI=1S/C11H21NO3/c1-12(6-7-13)11(14)5-4-10-3-2-8-15-9-10/h10,13H,2-9H2,1H3/t10-/m1/s1. The van der Waals surface area contributed by atoms with Crippen LogP contribution in [0.1, 0.15) is 25.7 Å². The Hall–Kier alpha value is -0.610. The van der Waals surface area contributed by atoms with E-state index in [0.717, 1.165) is 26.1 Å². The van der Waals surface area contributed by atoms with Gasteiger partial charge in [0.1, 0.15) is 0 Å². The van der Waals surface area contributed by atoms with Crippen LogP contribution in [-0.4, -0.2) is 49.3 Å². The number of carbonyl (C=O) groups is 1. The first-order valence-electron chi connectivity index (χ1n) is 5.66. The van der Waals surface area contributed by atoms with Crippen molar-refractivity contribution in [1.29, 1.82) is 0 Å². The molecule has 0 saturated carbocycles. The highest BCUT2D eigenvalue weighted by atomic mass is 16.5. The Bertz CT molecular complexity index is 190. The van der Waals surface area contributed by atoms with Gasteiger partial charge in [-0.05, 0) is 25.2 Å². The lowest BCUT2D eigenvalue weighted by Crippen LogP contribution is -2.30. The Morgan fingerprint density at radius 2 is 2.40 bits per heavy atom. The van der Waals surface area contributed by atoms with E-state index in [1.165, 1.54) is 6.42 Å². The summed E-state index contributed by atoms with van der Waals surface area (Å²) in [4.78, 5) is 13.1. The largest absolute Gasteiger partial charge is 0.395 e. The number of aliphatic hydroxyl groups is 1. The lowest BCUT2D eigenvalue weighted by atomic mass is 9.97. The molecule has 0 spiro atoms. The van der Waals surface area contributed by atoms with Crippen LogP contribution in [0.5, 0.6) is 0 Å². The van der Waals surface area contributed by atoms with Crippen molar-refractivity contribution in [2.45, 2.75) is 25.7 Å². The molecule has 88 valence electrons. The summed E-state index contributed by atoms with van der Waals surface area (Å²) in [5, 5.41) is 8.69. The second kappa shape index (κ2) is 6.80. The third kappa shape index (κ3) is 4.62. The number of amides is 1. The van der Waals surface area contributed by atoms with Gasteiger partial charge in [0.05, 0.1) is 6.61 Å². The minimum absolute atomic E-state index is 0.0365. The summed E-state index contributed by atoms with van der Waals surface area (Å²) in [5.74, 6) is 0.667. The third-order valence-electron chi connectivity index (χ3n) is 2.88. The monoisotopic (exact) mass is 215 g/mol. The Labute approximate surface area is 91.2 Å². The van der Waals surface area contributed by atoms with Crippen LogP contribution in [0, 0.1) is 5.92 Å². The van der Waals surface area contributed by atoms with Gasteiger partial charge in [0.15, 0.2) is 0 Å². The maximum absolute atomic E-state index is 11.5. The van der Waals surface area contributed by atoms with Crippen LogP contribution in [0.3, 0.4) is 0 Å². The summed E-state index contributed by atoms with van der Waals surface area (Å²) in [6.45, 7) is 2.14. The Balaban J connectivity index is 2.14. The van der Waals surface area contributed by atoms with Crippen LogP contribution in [0.15, 0.2) is 0 Å². The van der Waals surface area contributed by atoms with Crippen molar-refractivity contribution in [1.82, 2.24) is 4.90 Å². The lowest BCUT2D eigenvalue weighted by molar-refractivity contribution is -0.130. The van der Waals surface area contributed by atoms with Crippen molar-refractivity contribution in [3.8, 4) is 0 Å². The molecule has 0 aromatic rings. The predicted molar refractivity (Wildman–Crippen MR) is 57.5 cm³/mol. The molecule has 0 aliphatic carbocycles. The molecule has 0 unspecified atom stereocenters. The molecule has 0 radical (unpaired) electrons. The van der Waals surface area contributed by atoms with Gasteiger partial charge in [-0.2, -0.15) is 0 Å². The number of ether oxygens (including phenoxy) is 1. The molecule has 1 saturated heterocycles. The maximum atomic E-state index is 11.5. The van der Waals surface area contributed by atoms with Crippen LogP contribution in [-0.2, 0) is 9.53 Å². The van der Waals surface area contributed by atoms with E-state index in [0.29, 0.717) is 18.9 Å². The fourth-order valence-electron chi connectivity index (χ4n) is 1.83. The molecule has 1 amide bonds. The molecule has 0 bridgehead atoms. The van der Waals surface area contributed by atoms with E-state index in [1.807, 2.05) is 0 Å². The fourth-order valence-corrected chi connectivity index (χ4v) is 1.83. The zero-order chi connectivity index (χ0) is 11.1. The van der Waals surface area contributed by atoms with Crippen molar-refractivity contribution >= 4 is 5.91 Å².